The second kappa shape index (κ2) is 11.3. The van der Waals surface area contributed by atoms with Gasteiger partial charge in [-0.1, -0.05) is 34.1 Å². The summed E-state index contributed by atoms with van der Waals surface area (Å²) in [6, 6.07) is 7.62. The Balaban J connectivity index is 1.86. The van der Waals surface area contributed by atoms with Crippen molar-refractivity contribution in [3.8, 4) is 11.5 Å². The highest BCUT2D eigenvalue weighted by Crippen LogP contribution is 2.31. The number of carbonyl (C=O) groups excluding carboxylic acids is 2. The highest BCUT2D eigenvalue weighted by Gasteiger charge is 2.21. The third kappa shape index (κ3) is 6.66. The Hall–Kier alpha value is -2.67. The smallest absolute Gasteiger partial charge is 0.342 e. The van der Waals surface area contributed by atoms with Gasteiger partial charge >= 0.3 is 5.97 Å². The SMILES string of the molecule is C[C@@H]1CCCC(=O)CCC/C=C/c2cc(OCc3ccc(Br)cc3F)cc(O)c2C(=O)O1. The number of Topliss-reactive ketones (excluding diaryl/α,β-unsaturated/α-hetero) is 1. The topological polar surface area (TPSA) is 72.8 Å². The average molecular weight is 505 g/mol. The summed E-state index contributed by atoms with van der Waals surface area (Å²) in [5.74, 6) is -0.802. The lowest BCUT2D eigenvalue weighted by atomic mass is 10.0. The fourth-order valence-electron chi connectivity index (χ4n) is 3.50. The Morgan fingerprint density at radius 3 is 2.75 bits per heavy atom. The Bertz CT molecular complexity index is 1020. The van der Waals surface area contributed by atoms with Gasteiger partial charge in [-0.2, -0.15) is 0 Å². The van der Waals surface area contributed by atoms with Gasteiger partial charge in [-0.05, 0) is 56.4 Å². The summed E-state index contributed by atoms with van der Waals surface area (Å²) in [5.41, 5.74) is 0.862. The van der Waals surface area contributed by atoms with Crippen LogP contribution in [0.15, 0.2) is 40.9 Å². The Kier molecular flexibility index (Phi) is 8.45. The van der Waals surface area contributed by atoms with E-state index in [2.05, 4.69) is 15.9 Å². The van der Waals surface area contributed by atoms with E-state index in [4.69, 9.17) is 9.47 Å². The quantitative estimate of drug-likeness (QED) is 0.492. The molecule has 0 amide bonds. The van der Waals surface area contributed by atoms with Gasteiger partial charge in [-0.25, -0.2) is 9.18 Å². The average Bonchev–Trinajstić information content (AvgIpc) is 2.72. The van der Waals surface area contributed by atoms with E-state index < -0.39 is 11.8 Å². The first kappa shape index (κ1) is 24.0. The van der Waals surface area contributed by atoms with E-state index in [1.807, 2.05) is 6.08 Å². The van der Waals surface area contributed by atoms with E-state index >= 15 is 0 Å². The molecular formula is C25H26BrFO5. The number of benzene rings is 2. The van der Waals surface area contributed by atoms with Gasteiger partial charge in [0.05, 0.1) is 6.10 Å². The molecule has 0 saturated carbocycles. The first-order valence-corrected chi connectivity index (χ1v) is 11.5. The van der Waals surface area contributed by atoms with Crippen LogP contribution in [0.2, 0.25) is 0 Å². The molecule has 2 aromatic carbocycles. The maximum atomic E-state index is 14.1. The summed E-state index contributed by atoms with van der Waals surface area (Å²) >= 11 is 3.22. The Labute approximate surface area is 195 Å². The Morgan fingerprint density at radius 1 is 1.19 bits per heavy atom. The molecule has 0 unspecified atom stereocenters. The van der Waals surface area contributed by atoms with E-state index in [-0.39, 0.29) is 29.8 Å². The number of aromatic hydroxyl groups is 1. The van der Waals surface area contributed by atoms with Crippen molar-refractivity contribution in [1.82, 2.24) is 0 Å². The summed E-state index contributed by atoms with van der Waals surface area (Å²) in [6.45, 7) is 1.73. The van der Waals surface area contributed by atoms with Crippen molar-refractivity contribution < 1.29 is 28.6 Å². The van der Waals surface area contributed by atoms with Gasteiger partial charge in [0.25, 0.3) is 0 Å². The number of phenolic OH excluding ortho intramolecular Hbond substituents is 1. The molecule has 1 aliphatic rings. The number of ketones is 1. The van der Waals surface area contributed by atoms with Crippen molar-refractivity contribution >= 4 is 33.8 Å². The Morgan fingerprint density at radius 2 is 1.97 bits per heavy atom. The maximum absolute atomic E-state index is 14.1. The standard InChI is InChI=1S/C25H26BrFO5/c1-16-6-5-9-20(28)8-4-2-3-7-17-12-21(14-23(29)24(17)25(30)32-16)31-15-18-10-11-19(26)13-22(18)27/h3,7,10-14,16,29H,2,4-6,8-9,15H2,1H3/b7-3+/t16-/m1/s1. The van der Waals surface area contributed by atoms with Crippen LogP contribution in [0.25, 0.3) is 6.08 Å². The molecular weight excluding hydrogens is 479 g/mol. The van der Waals surface area contributed by atoms with Crippen molar-refractivity contribution in [2.24, 2.45) is 0 Å². The van der Waals surface area contributed by atoms with Crippen LogP contribution in [0.5, 0.6) is 11.5 Å². The molecule has 32 heavy (non-hydrogen) atoms. The number of esters is 1. The number of carbonyl (C=O) groups is 2. The molecule has 0 saturated heterocycles. The van der Waals surface area contributed by atoms with Gasteiger partial charge in [0.15, 0.2) is 0 Å². The molecule has 0 fully saturated rings. The van der Waals surface area contributed by atoms with Gasteiger partial charge in [-0.3, -0.25) is 4.79 Å². The molecule has 0 spiro atoms. The summed E-state index contributed by atoms with van der Waals surface area (Å²) < 4.78 is 25.9. The van der Waals surface area contributed by atoms with Gasteiger partial charge in [0.1, 0.15) is 35.3 Å². The van der Waals surface area contributed by atoms with Crippen LogP contribution in [-0.2, 0) is 16.1 Å². The van der Waals surface area contributed by atoms with Gasteiger partial charge in [0, 0.05) is 28.9 Å². The van der Waals surface area contributed by atoms with E-state index in [9.17, 15) is 19.1 Å². The summed E-state index contributed by atoms with van der Waals surface area (Å²) in [7, 11) is 0. The molecule has 5 nitrogen and oxygen atoms in total. The van der Waals surface area contributed by atoms with Gasteiger partial charge in [0.2, 0.25) is 0 Å². The minimum absolute atomic E-state index is 0.0371. The van der Waals surface area contributed by atoms with Crippen LogP contribution in [0.4, 0.5) is 4.39 Å². The molecule has 0 aliphatic carbocycles. The number of hydrogen-bond donors (Lipinski definition) is 1. The number of fused-ring (bicyclic) bond motifs is 1. The summed E-state index contributed by atoms with van der Waals surface area (Å²) in [4.78, 5) is 24.7. The molecule has 170 valence electrons. The molecule has 1 N–H and O–H groups in total. The number of halogens is 2. The third-order valence-corrected chi connectivity index (χ3v) is 5.73. The van der Waals surface area contributed by atoms with Crippen LogP contribution < -0.4 is 4.74 Å². The highest BCUT2D eigenvalue weighted by molar-refractivity contribution is 9.10. The van der Waals surface area contributed by atoms with E-state index in [1.165, 1.54) is 12.1 Å². The van der Waals surface area contributed by atoms with Crippen LogP contribution in [-0.4, -0.2) is 23.0 Å². The van der Waals surface area contributed by atoms with E-state index in [0.717, 1.165) is 6.42 Å². The number of ether oxygens (including phenoxy) is 2. The second-order valence-corrected chi connectivity index (χ2v) is 8.79. The van der Waals surface area contributed by atoms with Crippen molar-refractivity contribution in [3.05, 3.63) is 63.4 Å². The first-order valence-electron chi connectivity index (χ1n) is 10.7. The number of rotatable bonds is 3. The molecule has 0 radical (unpaired) electrons. The van der Waals surface area contributed by atoms with Crippen LogP contribution >= 0.6 is 15.9 Å². The molecule has 1 aliphatic heterocycles. The number of allylic oxidation sites excluding steroid dienone is 1. The zero-order valence-electron chi connectivity index (χ0n) is 17.9. The predicted molar refractivity (Wildman–Crippen MR) is 123 cm³/mol. The lowest BCUT2D eigenvalue weighted by Crippen LogP contribution is -2.17. The monoisotopic (exact) mass is 504 g/mol. The van der Waals surface area contributed by atoms with Crippen LogP contribution in [0.1, 0.15) is 66.9 Å². The van der Waals surface area contributed by atoms with Gasteiger partial charge in [-0.15, -0.1) is 0 Å². The van der Waals surface area contributed by atoms with E-state index in [1.54, 1.807) is 31.2 Å². The molecule has 0 bridgehead atoms. The molecule has 1 heterocycles. The number of phenols is 1. The van der Waals surface area contributed by atoms with E-state index in [0.29, 0.717) is 53.5 Å². The summed E-state index contributed by atoms with van der Waals surface area (Å²) in [6.07, 6.45) is 6.78. The molecule has 1 atom stereocenters. The van der Waals surface area contributed by atoms with Crippen LogP contribution in [0, 0.1) is 5.82 Å². The normalized spacial score (nSPS) is 18.9. The fourth-order valence-corrected chi connectivity index (χ4v) is 3.83. The molecule has 7 heteroatoms. The predicted octanol–water partition coefficient (Wildman–Crippen LogP) is 6.35. The summed E-state index contributed by atoms with van der Waals surface area (Å²) in [5, 5.41) is 10.6. The minimum Gasteiger partial charge on any atom is -0.507 e. The maximum Gasteiger partial charge on any atom is 0.342 e. The fraction of sp³-hybridized carbons (Fsp3) is 0.360. The van der Waals surface area contributed by atoms with Crippen molar-refractivity contribution in [2.75, 3.05) is 0 Å². The van der Waals surface area contributed by atoms with Crippen molar-refractivity contribution in [3.63, 3.8) is 0 Å². The van der Waals surface area contributed by atoms with Crippen molar-refractivity contribution in [2.45, 2.75) is 58.2 Å². The van der Waals surface area contributed by atoms with Gasteiger partial charge < -0.3 is 14.6 Å². The molecule has 3 rings (SSSR count). The molecule has 0 aromatic heterocycles. The lowest BCUT2D eigenvalue weighted by molar-refractivity contribution is -0.119. The first-order chi connectivity index (χ1) is 15.3. The third-order valence-electron chi connectivity index (χ3n) is 5.23. The minimum atomic E-state index is -0.636. The largest absolute Gasteiger partial charge is 0.507 e. The zero-order valence-corrected chi connectivity index (χ0v) is 19.5. The number of hydrogen-bond acceptors (Lipinski definition) is 5. The molecule has 2 aromatic rings. The van der Waals surface area contributed by atoms with Crippen molar-refractivity contribution in [1.29, 1.82) is 0 Å². The highest BCUT2D eigenvalue weighted by atomic mass is 79.9. The number of cyclic esters (lactones) is 1. The van der Waals surface area contributed by atoms with Crippen LogP contribution in [0.3, 0.4) is 0 Å². The zero-order chi connectivity index (χ0) is 23.1. The lowest BCUT2D eigenvalue weighted by Gasteiger charge is -2.16. The second-order valence-electron chi connectivity index (χ2n) is 7.87.